The molecule has 1 aliphatic rings. The first kappa shape index (κ1) is 17.7. The van der Waals surface area contributed by atoms with Gasteiger partial charge in [-0.3, -0.25) is 4.79 Å². The highest BCUT2D eigenvalue weighted by Crippen LogP contribution is 2.36. The molecule has 0 radical (unpaired) electrons. The minimum Gasteiger partial charge on any atom is -0.333 e. The first-order valence-corrected chi connectivity index (χ1v) is 8.71. The number of carbonyl (C=O) groups is 1. The molecule has 140 valence electrons. The average molecular weight is 397 g/mol. The minimum absolute atomic E-state index is 0.00860. The number of halogens is 4. The predicted octanol–water partition coefficient (Wildman–Crippen LogP) is 4.15. The third-order valence-electron chi connectivity index (χ3n) is 4.16. The standard InChI is InChI=1S/C17H11F4N3O2S/c18-11-4-2-1-3-10(11)15(25)24-6-5-9-7-12(27-13(9)8-24)14-22-16(26-23-14)17(19,20)21/h1-4,7H,5-6,8H2. The summed E-state index contributed by atoms with van der Waals surface area (Å²) in [6, 6.07) is 7.44. The molecule has 0 atom stereocenters. The van der Waals surface area contributed by atoms with Gasteiger partial charge in [0.25, 0.3) is 5.91 Å². The van der Waals surface area contributed by atoms with Crippen LogP contribution in [-0.4, -0.2) is 27.5 Å². The van der Waals surface area contributed by atoms with Gasteiger partial charge in [0.1, 0.15) is 5.82 Å². The molecule has 0 bridgehead atoms. The Balaban J connectivity index is 1.57. The lowest BCUT2D eigenvalue weighted by atomic mass is 10.1. The molecular formula is C17H11F4N3O2S. The van der Waals surface area contributed by atoms with E-state index in [1.54, 1.807) is 12.1 Å². The molecule has 0 unspecified atom stereocenters. The van der Waals surface area contributed by atoms with Crippen molar-refractivity contribution in [2.24, 2.45) is 0 Å². The molecule has 0 N–H and O–H groups in total. The van der Waals surface area contributed by atoms with Crippen molar-refractivity contribution in [3.05, 3.63) is 58.0 Å². The summed E-state index contributed by atoms with van der Waals surface area (Å²) in [5.41, 5.74) is 0.900. The van der Waals surface area contributed by atoms with Crippen LogP contribution in [-0.2, 0) is 19.1 Å². The van der Waals surface area contributed by atoms with Crippen molar-refractivity contribution in [3.63, 3.8) is 0 Å². The van der Waals surface area contributed by atoms with E-state index in [0.29, 0.717) is 17.8 Å². The van der Waals surface area contributed by atoms with Crippen molar-refractivity contribution in [1.82, 2.24) is 15.0 Å². The fourth-order valence-corrected chi connectivity index (χ4v) is 4.00. The van der Waals surface area contributed by atoms with Crippen molar-refractivity contribution in [2.45, 2.75) is 19.1 Å². The number of thiophene rings is 1. The van der Waals surface area contributed by atoms with Crippen molar-refractivity contribution in [3.8, 4) is 10.7 Å². The zero-order valence-electron chi connectivity index (χ0n) is 13.6. The summed E-state index contributed by atoms with van der Waals surface area (Å²) in [6.45, 7) is 0.632. The second-order valence-corrected chi connectivity index (χ2v) is 7.07. The van der Waals surface area contributed by atoms with Gasteiger partial charge in [-0.25, -0.2) is 4.39 Å². The van der Waals surface area contributed by atoms with Gasteiger partial charge >= 0.3 is 12.1 Å². The van der Waals surface area contributed by atoms with Crippen LogP contribution in [0, 0.1) is 5.82 Å². The van der Waals surface area contributed by atoms with Gasteiger partial charge in [0.2, 0.25) is 5.82 Å². The fraction of sp³-hybridized carbons (Fsp3) is 0.235. The van der Waals surface area contributed by atoms with E-state index < -0.39 is 23.8 Å². The molecule has 1 aliphatic heterocycles. The molecule has 0 saturated heterocycles. The Bertz CT molecular complexity index is 1010. The molecule has 1 amide bonds. The first-order chi connectivity index (χ1) is 12.8. The molecule has 0 fully saturated rings. The average Bonchev–Trinajstić information content (AvgIpc) is 3.27. The van der Waals surface area contributed by atoms with Gasteiger partial charge in [0.05, 0.1) is 17.0 Å². The Morgan fingerprint density at radius 2 is 2.04 bits per heavy atom. The molecule has 27 heavy (non-hydrogen) atoms. The van der Waals surface area contributed by atoms with Crippen molar-refractivity contribution >= 4 is 17.2 Å². The van der Waals surface area contributed by atoms with Gasteiger partial charge in [-0.05, 0) is 30.2 Å². The summed E-state index contributed by atoms with van der Waals surface area (Å²) in [5, 5.41) is 3.38. The molecule has 3 heterocycles. The van der Waals surface area contributed by atoms with Crippen LogP contribution >= 0.6 is 11.3 Å². The lowest BCUT2D eigenvalue weighted by Crippen LogP contribution is -2.35. The van der Waals surface area contributed by atoms with E-state index >= 15 is 0 Å². The summed E-state index contributed by atoms with van der Waals surface area (Å²) in [6.07, 6.45) is -4.19. The highest BCUT2D eigenvalue weighted by Gasteiger charge is 2.39. The van der Waals surface area contributed by atoms with Gasteiger partial charge in [0, 0.05) is 11.4 Å². The summed E-state index contributed by atoms with van der Waals surface area (Å²) in [5.74, 6) is -2.56. The summed E-state index contributed by atoms with van der Waals surface area (Å²) >= 11 is 1.19. The Morgan fingerprint density at radius 1 is 1.26 bits per heavy atom. The van der Waals surface area contributed by atoms with Gasteiger partial charge in [0.15, 0.2) is 0 Å². The van der Waals surface area contributed by atoms with Crippen LogP contribution in [0.4, 0.5) is 17.6 Å². The highest BCUT2D eigenvalue weighted by molar-refractivity contribution is 7.15. The Morgan fingerprint density at radius 3 is 2.74 bits per heavy atom. The number of nitrogens with zero attached hydrogens (tertiary/aromatic N) is 3. The normalized spacial score (nSPS) is 14.3. The highest BCUT2D eigenvalue weighted by atomic mass is 32.1. The van der Waals surface area contributed by atoms with Crippen molar-refractivity contribution < 1.29 is 26.9 Å². The number of rotatable bonds is 2. The fourth-order valence-electron chi connectivity index (χ4n) is 2.85. The summed E-state index contributed by atoms with van der Waals surface area (Å²) < 4.78 is 55.9. The van der Waals surface area contributed by atoms with Crippen LogP contribution in [0.2, 0.25) is 0 Å². The predicted molar refractivity (Wildman–Crippen MR) is 87.5 cm³/mol. The Hall–Kier alpha value is -2.75. The molecule has 2 aromatic heterocycles. The van der Waals surface area contributed by atoms with E-state index in [4.69, 9.17) is 0 Å². The topological polar surface area (TPSA) is 59.2 Å². The maximum atomic E-state index is 13.9. The van der Waals surface area contributed by atoms with Crippen LogP contribution in [0.3, 0.4) is 0 Å². The maximum Gasteiger partial charge on any atom is 0.471 e. The maximum absolute atomic E-state index is 13.9. The zero-order valence-corrected chi connectivity index (χ0v) is 14.4. The minimum atomic E-state index is -4.70. The largest absolute Gasteiger partial charge is 0.471 e. The monoisotopic (exact) mass is 397 g/mol. The third kappa shape index (κ3) is 3.32. The van der Waals surface area contributed by atoms with Crippen molar-refractivity contribution in [1.29, 1.82) is 0 Å². The van der Waals surface area contributed by atoms with Gasteiger partial charge in [-0.15, -0.1) is 11.3 Å². The van der Waals surface area contributed by atoms with E-state index in [2.05, 4.69) is 14.7 Å². The lowest BCUT2D eigenvalue weighted by molar-refractivity contribution is -0.159. The number of carbonyl (C=O) groups excluding carboxylic acids is 1. The number of amides is 1. The number of hydrogen-bond acceptors (Lipinski definition) is 5. The third-order valence-corrected chi connectivity index (χ3v) is 5.32. The van der Waals surface area contributed by atoms with Crippen LogP contribution < -0.4 is 0 Å². The van der Waals surface area contributed by atoms with Gasteiger partial charge in [-0.1, -0.05) is 17.3 Å². The first-order valence-electron chi connectivity index (χ1n) is 7.89. The molecule has 0 aliphatic carbocycles. The van der Waals surface area contributed by atoms with Crippen LogP contribution in [0.15, 0.2) is 34.9 Å². The Labute approximate surface area is 154 Å². The summed E-state index contributed by atoms with van der Waals surface area (Å²) in [4.78, 5) is 18.7. The van der Waals surface area contributed by atoms with Gasteiger partial charge in [-0.2, -0.15) is 18.2 Å². The molecule has 5 nitrogen and oxygen atoms in total. The number of alkyl halides is 3. The number of hydrogen-bond donors (Lipinski definition) is 0. The van der Waals surface area contributed by atoms with Crippen LogP contribution in [0.5, 0.6) is 0 Å². The van der Waals surface area contributed by atoms with Crippen LogP contribution in [0.1, 0.15) is 26.7 Å². The smallest absolute Gasteiger partial charge is 0.333 e. The molecular weight excluding hydrogens is 386 g/mol. The molecule has 1 aromatic carbocycles. The Kier molecular flexibility index (Phi) is 4.22. The van der Waals surface area contributed by atoms with Gasteiger partial charge < -0.3 is 9.42 Å². The summed E-state index contributed by atoms with van der Waals surface area (Å²) in [7, 11) is 0. The van der Waals surface area contributed by atoms with E-state index in [1.807, 2.05) is 0 Å². The number of fused-ring (bicyclic) bond motifs is 1. The molecule has 3 aromatic rings. The second-order valence-electron chi connectivity index (χ2n) is 5.94. The van der Waals surface area contributed by atoms with Crippen LogP contribution in [0.25, 0.3) is 10.7 Å². The zero-order chi connectivity index (χ0) is 19.2. The SMILES string of the molecule is O=C(c1ccccc1F)N1CCc2cc(-c3noc(C(F)(F)F)n3)sc2C1. The number of aromatic nitrogens is 2. The molecule has 0 saturated carbocycles. The van der Waals surface area contributed by atoms with E-state index in [1.165, 1.54) is 34.4 Å². The molecule has 0 spiro atoms. The van der Waals surface area contributed by atoms with E-state index in [-0.39, 0.29) is 17.9 Å². The van der Waals surface area contributed by atoms with E-state index in [9.17, 15) is 22.4 Å². The molecule has 10 heteroatoms. The molecule has 4 rings (SSSR count). The van der Waals surface area contributed by atoms with Crippen molar-refractivity contribution in [2.75, 3.05) is 6.54 Å². The quantitative estimate of drug-likeness (QED) is 0.610. The number of benzene rings is 1. The lowest BCUT2D eigenvalue weighted by Gasteiger charge is -2.27. The van der Waals surface area contributed by atoms with E-state index in [0.717, 1.165) is 10.4 Å². The second kappa shape index (κ2) is 6.45.